The number of para-hydroxylation sites is 2. The summed E-state index contributed by atoms with van der Waals surface area (Å²) in [5.41, 5.74) is 4.32. The van der Waals surface area contributed by atoms with Crippen LogP contribution in [0, 0.1) is 0 Å². The summed E-state index contributed by atoms with van der Waals surface area (Å²) >= 11 is 5.96. The van der Waals surface area contributed by atoms with Crippen molar-refractivity contribution >= 4 is 28.5 Å². The molecule has 0 aliphatic heterocycles. The predicted octanol–water partition coefficient (Wildman–Crippen LogP) is 5.46. The quantitative estimate of drug-likeness (QED) is 0.428. The van der Waals surface area contributed by atoms with Crippen molar-refractivity contribution in [2.45, 2.75) is 38.5 Å². The molecule has 32 heavy (non-hydrogen) atoms. The van der Waals surface area contributed by atoms with E-state index in [0.717, 1.165) is 30.3 Å². The van der Waals surface area contributed by atoms with E-state index in [2.05, 4.69) is 23.5 Å². The molecule has 1 aliphatic rings. The molecule has 0 saturated carbocycles. The maximum Gasteiger partial charge on any atom is 0.240 e. The summed E-state index contributed by atoms with van der Waals surface area (Å²) in [6.07, 6.45) is 3.11. The van der Waals surface area contributed by atoms with Gasteiger partial charge < -0.3 is 14.6 Å². The number of nitrogens with zero attached hydrogens (tertiary/aromatic N) is 2. The summed E-state index contributed by atoms with van der Waals surface area (Å²) in [5.74, 6) is 1.39. The molecule has 1 amide bonds. The van der Waals surface area contributed by atoms with Gasteiger partial charge in [0.15, 0.2) is 0 Å². The molecule has 4 aromatic rings. The zero-order valence-corrected chi connectivity index (χ0v) is 18.4. The normalized spacial score (nSPS) is 15.3. The number of amides is 1. The van der Waals surface area contributed by atoms with E-state index in [1.54, 1.807) is 12.1 Å². The molecule has 0 bridgehead atoms. The Labute approximate surface area is 192 Å². The zero-order chi connectivity index (χ0) is 21.9. The Morgan fingerprint density at radius 2 is 1.84 bits per heavy atom. The highest BCUT2D eigenvalue weighted by Crippen LogP contribution is 2.29. The van der Waals surface area contributed by atoms with Gasteiger partial charge in [0.05, 0.1) is 17.1 Å². The van der Waals surface area contributed by atoms with Crippen LogP contribution in [0.3, 0.4) is 0 Å². The van der Waals surface area contributed by atoms with Gasteiger partial charge in [-0.05, 0) is 66.8 Å². The number of imidazole rings is 1. The van der Waals surface area contributed by atoms with Gasteiger partial charge in [0, 0.05) is 5.02 Å². The molecule has 1 N–H and O–H groups in total. The average Bonchev–Trinajstić information content (AvgIpc) is 3.16. The Balaban J connectivity index is 1.35. The number of halogens is 1. The van der Waals surface area contributed by atoms with E-state index >= 15 is 0 Å². The second-order valence-corrected chi connectivity index (χ2v) is 8.49. The fourth-order valence-electron chi connectivity index (χ4n) is 4.38. The van der Waals surface area contributed by atoms with Crippen LogP contribution in [0.1, 0.15) is 35.8 Å². The Morgan fingerprint density at radius 1 is 1.06 bits per heavy atom. The Hall–Kier alpha value is -3.31. The summed E-state index contributed by atoms with van der Waals surface area (Å²) in [6, 6.07) is 23.5. The van der Waals surface area contributed by atoms with Gasteiger partial charge in [0.1, 0.15) is 24.7 Å². The number of carbonyl (C=O) groups is 1. The van der Waals surface area contributed by atoms with E-state index in [9.17, 15) is 4.79 Å². The van der Waals surface area contributed by atoms with Crippen molar-refractivity contribution in [3.63, 3.8) is 0 Å². The van der Waals surface area contributed by atoms with E-state index in [0.29, 0.717) is 16.6 Å². The van der Waals surface area contributed by atoms with Crippen LogP contribution in [0.15, 0.2) is 72.8 Å². The smallest absolute Gasteiger partial charge is 0.240 e. The lowest BCUT2D eigenvalue weighted by atomic mass is 9.88. The fourth-order valence-corrected chi connectivity index (χ4v) is 4.50. The first-order chi connectivity index (χ1) is 15.7. The van der Waals surface area contributed by atoms with E-state index in [1.807, 2.05) is 47.0 Å². The highest BCUT2D eigenvalue weighted by molar-refractivity contribution is 6.30. The van der Waals surface area contributed by atoms with Gasteiger partial charge in [-0.3, -0.25) is 4.79 Å². The predicted molar refractivity (Wildman–Crippen MR) is 126 cm³/mol. The second kappa shape index (κ2) is 9.05. The first-order valence-corrected chi connectivity index (χ1v) is 11.2. The third-order valence-corrected chi connectivity index (χ3v) is 6.17. The summed E-state index contributed by atoms with van der Waals surface area (Å²) in [6.45, 7) is 0.453. The molecule has 1 aliphatic carbocycles. The number of hydrogen-bond acceptors (Lipinski definition) is 3. The maximum atomic E-state index is 13.1. The van der Waals surface area contributed by atoms with E-state index in [1.165, 1.54) is 11.1 Å². The minimum atomic E-state index is -0.0254. The van der Waals surface area contributed by atoms with Gasteiger partial charge in [-0.1, -0.05) is 48.0 Å². The molecule has 1 atom stereocenters. The third-order valence-electron chi connectivity index (χ3n) is 5.92. The number of aryl methyl sites for hydroxylation is 1. The minimum absolute atomic E-state index is 0.0254. The molecule has 0 saturated heterocycles. The number of rotatable bonds is 6. The Bertz CT molecular complexity index is 1250. The summed E-state index contributed by atoms with van der Waals surface area (Å²) in [7, 11) is 0. The van der Waals surface area contributed by atoms with E-state index < -0.39 is 0 Å². The van der Waals surface area contributed by atoms with Crippen molar-refractivity contribution in [1.82, 2.24) is 14.9 Å². The van der Waals surface area contributed by atoms with E-state index in [-0.39, 0.29) is 25.1 Å². The molecule has 5 nitrogen and oxygen atoms in total. The summed E-state index contributed by atoms with van der Waals surface area (Å²) < 4.78 is 7.86. The van der Waals surface area contributed by atoms with Gasteiger partial charge >= 0.3 is 0 Å². The largest absolute Gasteiger partial charge is 0.486 e. The van der Waals surface area contributed by atoms with Crippen LogP contribution in [0.25, 0.3) is 11.0 Å². The van der Waals surface area contributed by atoms with Crippen molar-refractivity contribution in [3.05, 3.63) is 94.8 Å². The van der Waals surface area contributed by atoms with Crippen molar-refractivity contribution in [1.29, 1.82) is 0 Å². The summed E-state index contributed by atoms with van der Waals surface area (Å²) in [5, 5.41) is 3.90. The van der Waals surface area contributed by atoms with Gasteiger partial charge in [-0.25, -0.2) is 4.98 Å². The van der Waals surface area contributed by atoms with Gasteiger partial charge in [-0.15, -0.1) is 0 Å². The minimum Gasteiger partial charge on any atom is -0.486 e. The molecule has 0 radical (unpaired) electrons. The van der Waals surface area contributed by atoms with Crippen LogP contribution in [0.4, 0.5) is 0 Å². The number of carbonyl (C=O) groups excluding carboxylic acids is 1. The van der Waals surface area contributed by atoms with Crippen LogP contribution in [0.2, 0.25) is 5.02 Å². The number of nitrogens with one attached hydrogen (secondary N) is 1. The molecule has 0 spiro atoms. The highest BCUT2D eigenvalue weighted by Gasteiger charge is 2.22. The van der Waals surface area contributed by atoms with Crippen molar-refractivity contribution in [2.24, 2.45) is 0 Å². The van der Waals surface area contributed by atoms with Gasteiger partial charge in [-0.2, -0.15) is 0 Å². The molecule has 0 unspecified atom stereocenters. The first kappa shape index (κ1) is 20.6. The van der Waals surface area contributed by atoms with Crippen LogP contribution in [0.5, 0.6) is 5.75 Å². The molecule has 1 aromatic heterocycles. The second-order valence-electron chi connectivity index (χ2n) is 8.06. The van der Waals surface area contributed by atoms with Crippen molar-refractivity contribution < 1.29 is 9.53 Å². The number of hydrogen-bond donors (Lipinski definition) is 1. The first-order valence-electron chi connectivity index (χ1n) is 10.9. The Morgan fingerprint density at radius 3 is 2.72 bits per heavy atom. The standard InChI is InChI=1S/C26H24ClN3O2/c27-19-12-14-20(15-13-19)32-17-25-28-23-9-3-4-11-24(23)30(25)16-26(31)29-22-10-5-7-18-6-1-2-8-21(18)22/h1-4,6,8-9,11-15,22H,5,7,10,16-17H2,(H,29,31)/t22-/m0/s1. The van der Waals surface area contributed by atoms with Gasteiger partial charge in [0.2, 0.25) is 5.91 Å². The van der Waals surface area contributed by atoms with Crippen LogP contribution < -0.4 is 10.1 Å². The van der Waals surface area contributed by atoms with Crippen LogP contribution in [-0.2, 0) is 24.4 Å². The topological polar surface area (TPSA) is 56.2 Å². The SMILES string of the molecule is O=C(Cn1c(COc2ccc(Cl)cc2)nc2ccccc21)N[C@H]1CCCc2ccccc21. The number of benzene rings is 3. The van der Waals surface area contributed by atoms with Crippen LogP contribution >= 0.6 is 11.6 Å². The van der Waals surface area contributed by atoms with E-state index in [4.69, 9.17) is 21.3 Å². The lowest BCUT2D eigenvalue weighted by Crippen LogP contribution is -2.33. The molecule has 0 fully saturated rings. The zero-order valence-electron chi connectivity index (χ0n) is 17.6. The number of aromatic nitrogens is 2. The molecule has 3 aromatic carbocycles. The average molecular weight is 446 g/mol. The molecule has 5 rings (SSSR count). The number of ether oxygens (including phenoxy) is 1. The molecule has 162 valence electrons. The number of fused-ring (bicyclic) bond motifs is 2. The fraction of sp³-hybridized carbons (Fsp3) is 0.231. The molecule has 1 heterocycles. The van der Waals surface area contributed by atoms with Gasteiger partial charge in [0.25, 0.3) is 0 Å². The lowest BCUT2D eigenvalue weighted by Gasteiger charge is -2.26. The third kappa shape index (κ3) is 4.34. The highest BCUT2D eigenvalue weighted by atomic mass is 35.5. The molecular weight excluding hydrogens is 422 g/mol. The van der Waals surface area contributed by atoms with Crippen molar-refractivity contribution in [3.8, 4) is 5.75 Å². The van der Waals surface area contributed by atoms with Crippen LogP contribution in [-0.4, -0.2) is 15.5 Å². The summed E-state index contributed by atoms with van der Waals surface area (Å²) in [4.78, 5) is 17.8. The van der Waals surface area contributed by atoms with Crippen molar-refractivity contribution in [2.75, 3.05) is 0 Å². The monoisotopic (exact) mass is 445 g/mol. The lowest BCUT2D eigenvalue weighted by molar-refractivity contribution is -0.122. The Kier molecular flexibility index (Phi) is 5.82. The molecular formula is C26H24ClN3O2. The molecule has 6 heteroatoms. The maximum absolute atomic E-state index is 13.1.